The third-order valence-corrected chi connectivity index (χ3v) is 2.82. The van der Waals surface area contributed by atoms with Gasteiger partial charge in [-0.1, -0.05) is 0 Å². The Kier molecular flexibility index (Phi) is 2.75. The molecule has 0 radical (unpaired) electrons. The normalized spacial score (nSPS) is 9.56. The number of rotatable bonds is 1. The summed E-state index contributed by atoms with van der Waals surface area (Å²) < 4.78 is 6.06. The van der Waals surface area contributed by atoms with Gasteiger partial charge in [0.1, 0.15) is 5.75 Å². The molecule has 0 aliphatic carbocycles. The lowest BCUT2D eigenvalue weighted by Crippen LogP contribution is -2.06. The van der Waals surface area contributed by atoms with E-state index in [2.05, 4.69) is 16.8 Å². The Balaban J connectivity index is 2.45. The summed E-state index contributed by atoms with van der Waals surface area (Å²) in [6, 6.07) is 5.55. The maximum absolute atomic E-state index is 10.5. The van der Waals surface area contributed by atoms with Gasteiger partial charge < -0.3 is 10.5 Å². The van der Waals surface area contributed by atoms with Gasteiger partial charge in [-0.3, -0.25) is 4.79 Å². The molecule has 2 N–H and O–H groups in total. The largest absolute Gasteiger partial charge is 0.497 e. The van der Waals surface area contributed by atoms with Crippen molar-refractivity contribution in [2.24, 2.45) is 5.73 Å². The maximum atomic E-state index is 10.5. The summed E-state index contributed by atoms with van der Waals surface area (Å²) in [6.45, 7) is 0. The first-order chi connectivity index (χ1) is 7.69. The molecule has 0 fully saturated rings. The van der Waals surface area contributed by atoms with Crippen molar-refractivity contribution in [3.8, 4) is 17.6 Å². The average molecular weight is 232 g/mol. The van der Waals surface area contributed by atoms with Crippen molar-refractivity contribution >= 4 is 27.5 Å². The number of aromatic nitrogens is 1. The second-order valence-corrected chi connectivity index (χ2v) is 4.00. The Morgan fingerprint density at radius 3 is 3.06 bits per heavy atom. The fraction of sp³-hybridized carbons (Fsp3) is 0.0909. The third-order valence-electron chi connectivity index (χ3n) is 1.89. The summed E-state index contributed by atoms with van der Waals surface area (Å²) in [5.74, 6) is 4.98. The van der Waals surface area contributed by atoms with Crippen LogP contribution in [0.4, 0.5) is 0 Å². The van der Waals surface area contributed by atoms with Gasteiger partial charge in [-0.2, -0.15) is 0 Å². The smallest absolute Gasteiger partial charge is 0.293 e. The monoisotopic (exact) mass is 232 g/mol. The molecule has 0 saturated carbocycles. The number of hydrogen-bond donors (Lipinski definition) is 1. The fourth-order valence-corrected chi connectivity index (χ4v) is 2.05. The number of amides is 1. The van der Waals surface area contributed by atoms with Gasteiger partial charge in [0, 0.05) is 5.92 Å². The van der Waals surface area contributed by atoms with Crippen LogP contribution in [0.25, 0.3) is 10.2 Å². The number of nitrogens with two attached hydrogens (primary N) is 1. The second kappa shape index (κ2) is 4.21. The molecule has 0 aliphatic rings. The molecule has 1 heterocycles. The number of hydrogen-bond acceptors (Lipinski definition) is 4. The van der Waals surface area contributed by atoms with Crippen LogP contribution in [-0.2, 0) is 4.79 Å². The molecule has 0 unspecified atom stereocenters. The van der Waals surface area contributed by atoms with Crippen LogP contribution in [0.5, 0.6) is 5.75 Å². The summed E-state index contributed by atoms with van der Waals surface area (Å²) in [6.07, 6.45) is 0. The molecule has 5 heteroatoms. The van der Waals surface area contributed by atoms with Crippen LogP contribution in [-0.4, -0.2) is 18.0 Å². The Hall–Kier alpha value is -2.06. The summed E-state index contributed by atoms with van der Waals surface area (Å²) >= 11 is 1.40. The lowest BCUT2D eigenvalue weighted by atomic mass is 10.3. The molecular formula is C11H8N2O2S. The van der Waals surface area contributed by atoms with Crippen molar-refractivity contribution in [3.05, 3.63) is 23.2 Å². The van der Waals surface area contributed by atoms with E-state index in [1.807, 2.05) is 18.2 Å². The van der Waals surface area contributed by atoms with Crippen molar-refractivity contribution < 1.29 is 9.53 Å². The molecule has 0 aliphatic heterocycles. The topological polar surface area (TPSA) is 65.2 Å². The highest BCUT2D eigenvalue weighted by Gasteiger charge is 2.02. The van der Waals surface area contributed by atoms with E-state index in [1.165, 1.54) is 11.3 Å². The molecule has 4 nitrogen and oxygen atoms in total. The number of carbonyl (C=O) groups is 1. The summed E-state index contributed by atoms with van der Waals surface area (Å²) in [7, 11) is 1.61. The molecule has 0 atom stereocenters. The van der Waals surface area contributed by atoms with Crippen LogP contribution in [0, 0.1) is 11.8 Å². The van der Waals surface area contributed by atoms with E-state index >= 15 is 0 Å². The van der Waals surface area contributed by atoms with Crippen molar-refractivity contribution in [1.82, 2.24) is 4.98 Å². The molecular weight excluding hydrogens is 224 g/mol. The number of methoxy groups -OCH3 is 1. The Bertz CT molecular complexity index is 607. The zero-order valence-corrected chi connectivity index (χ0v) is 9.30. The van der Waals surface area contributed by atoms with Crippen LogP contribution in [0.15, 0.2) is 18.2 Å². The lowest BCUT2D eigenvalue weighted by Gasteiger charge is -1.96. The molecule has 2 rings (SSSR count). The highest BCUT2D eigenvalue weighted by Crippen LogP contribution is 2.25. The number of fused-ring (bicyclic) bond motifs is 1. The van der Waals surface area contributed by atoms with Gasteiger partial charge in [0.2, 0.25) is 0 Å². The first-order valence-corrected chi connectivity index (χ1v) is 5.27. The Morgan fingerprint density at radius 2 is 2.38 bits per heavy atom. The van der Waals surface area contributed by atoms with Gasteiger partial charge >= 0.3 is 0 Å². The minimum absolute atomic E-state index is 0.571. The van der Waals surface area contributed by atoms with Gasteiger partial charge in [-0.15, -0.1) is 11.3 Å². The predicted octanol–water partition coefficient (Wildman–Crippen LogP) is 1.14. The number of primary amides is 1. The third kappa shape index (κ3) is 2.12. The average Bonchev–Trinajstić information content (AvgIpc) is 2.67. The first kappa shape index (κ1) is 10.5. The molecule has 0 bridgehead atoms. The standard InChI is InChI=1S/C11H8N2O2S/c1-15-7-2-3-8-9(6-7)16-11(13-8)5-4-10(12)14/h2-3,6H,1H3,(H2,12,14). The minimum atomic E-state index is -0.656. The molecule has 80 valence electrons. The van der Waals surface area contributed by atoms with Crippen LogP contribution in [0.3, 0.4) is 0 Å². The van der Waals surface area contributed by atoms with E-state index in [4.69, 9.17) is 10.5 Å². The second-order valence-electron chi connectivity index (χ2n) is 2.97. The molecule has 1 amide bonds. The molecule has 16 heavy (non-hydrogen) atoms. The molecule has 1 aromatic heterocycles. The van der Waals surface area contributed by atoms with Gasteiger partial charge in [-0.05, 0) is 24.1 Å². The fourth-order valence-electron chi connectivity index (χ4n) is 1.20. The van der Waals surface area contributed by atoms with Gasteiger partial charge in [0.15, 0.2) is 5.01 Å². The molecule has 0 saturated heterocycles. The van der Waals surface area contributed by atoms with E-state index in [-0.39, 0.29) is 0 Å². The Morgan fingerprint density at radius 1 is 1.56 bits per heavy atom. The quantitative estimate of drug-likeness (QED) is 0.750. The van der Waals surface area contributed by atoms with Crippen molar-refractivity contribution in [1.29, 1.82) is 0 Å². The van der Waals surface area contributed by atoms with Gasteiger partial charge in [0.05, 0.1) is 17.3 Å². The summed E-state index contributed by atoms with van der Waals surface area (Å²) in [5, 5.41) is 0.571. The van der Waals surface area contributed by atoms with Crippen LogP contribution in [0.1, 0.15) is 5.01 Å². The lowest BCUT2D eigenvalue weighted by molar-refractivity contribution is -0.112. The zero-order valence-electron chi connectivity index (χ0n) is 8.48. The van der Waals surface area contributed by atoms with E-state index < -0.39 is 5.91 Å². The highest BCUT2D eigenvalue weighted by molar-refractivity contribution is 7.19. The van der Waals surface area contributed by atoms with Gasteiger partial charge in [0.25, 0.3) is 5.91 Å². The van der Waals surface area contributed by atoms with E-state index in [9.17, 15) is 4.79 Å². The number of ether oxygens (including phenoxy) is 1. The number of thiazole rings is 1. The Labute approximate surface area is 96.0 Å². The first-order valence-electron chi connectivity index (χ1n) is 4.45. The van der Waals surface area contributed by atoms with Crippen molar-refractivity contribution in [3.63, 3.8) is 0 Å². The summed E-state index contributed by atoms with van der Waals surface area (Å²) in [5.41, 5.74) is 5.76. The number of carbonyl (C=O) groups excluding carboxylic acids is 1. The van der Waals surface area contributed by atoms with Crippen molar-refractivity contribution in [2.45, 2.75) is 0 Å². The van der Waals surface area contributed by atoms with Crippen LogP contribution >= 0.6 is 11.3 Å². The van der Waals surface area contributed by atoms with Crippen molar-refractivity contribution in [2.75, 3.05) is 7.11 Å². The van der Waals surface area contributed by atoms with E-state index in [1.54, 1.807) is 7.11 Å². The molecule has 2 aromatic rings. The van der Waals surface area contributed by atoms with E-state index in [0.29, 0.717) is 5.01 Å². The van der Waals surface area contributed by atoms with Crippen LogP contribution in [0.2, 0.25) is 0 Å². The molecule has 1 aromatic carbocycles. The summed E-state index contributed by atoms with van der Waals surface area (Å²) in [4.78, 5) is 14.7. The molecule has 0 spiro atoms. The van der Waals surface area contributed by atoms with E-state index in [0.717, 1.165) is 16.0 Å². The number of nitrogens with zero attached hydrogens (tertiary/aromatic N) is 1. The predicted molar refractivity (Wildman–Crippen MR) is 62.2 cm³/mol. The van der Waals surface area contributed by atoms with Crippen LogP contribution < -0.4 is 10.5 Å². The SMILES string of the molecule is COc1ccc2nc(C#CC(N)=O)sc2c1. The van der Waals surface area contributed by atoms with Gasteiger partial charge in [-0.25, -0.2) is 4.98 Å². The minimum Gasteiger partial charge on any atom is -0.497 e. The number of benzene rings is 1. The zero-order chi connectivity index (χ0) is 11.5. The highest BCUT2D eigenvalue weighted by atomic mass is 32.1. The maximum Gasteiger partial charge on any atom is 0.293 e.